The number of amides is 2. The quantitative estimate of drug-likeness (QED) is 0.700. The van der Waals surface area contributed by atoms with E-state index in [0.29, 0.717) is 31.7 Å². The molecule has 2 aliphatic heterocycles. The van der Waals surface area contributed by atoms with Gasteiger partial charge in [0.15, 0.2) is 12.6 Å². The fourth-order valence-corrected chi connectivity index (χ4v) is 4.10. The Morgan fingerprint density at radius 2 is 1.83 bits per heavy atom. The molecule has 2 aromatic carbocycles. The Morgan fingerprint density at radius 3 is 2.60 bits per heavy atom. The number of benzene rings is 2. The largest absolute Gasteiger partial charge is 0.483 e. The van der Waals surface area contributed by atoms with E-state index in [4.69, 9.17) is 14.2 Å². The molecule has 2 aliphatic rings. The van der Waals surface area contributed by atoms with Crippen LogP contribution in [0.4, 0.5) is 4.79 Å². The van der Waals surface area contributed by atoms with Crippen LogP contribution in [0.5, 0.6) is 5.75 Å². The molecule has 2 aromatic rings. The van der Waals surface area contributed by atoms with Crippen molar-refractivity contribution in [2.24, 2.45) is 0 Å². The first-order valence-electron chi connectivity index (χ1n) is 9.99. The number of rotatable bonds is 5. The second-order valence-electron chi connectivity index (χ2n) is 7.40. The number of hydrogen-bond donors (Lipinski definition) is 0. The van der Waals surface area contributed by atoms with Crippen molar-refractivity contribution in [3.05, 3.63) is 42.5 Å². The minimum absolute atomic E-state index is 0.00350. The highest BCUT2D eigenvalue weighted by Gasteiger charge is 2.44. The molecule has 4 rings (SSSR count). The Kier molecular flexibility index (Phi) is 5.74. The lowest BCUT2D eigenvalue weighted by molar-refractivity contribution is -0.146. The second-order valence-corrected chi connectivity index (χ2v) is 7.40. The van der Waals surface area contributed by atoms with Crippen molar-refractivity contribution >= 4 is 28.7 Å². The predicted molar refractivity (Wildman–Crippen MR) is 108 cm³/mol. The van der Waals surface area contributed by atoms with Gasteiger partial charge in [0.25, 0.3) is 5.91 Å². The van der Waals surface area contributed by atoms with Crippen LogP contribution in [0, 0.1) is 0 Å². The van der Waals surface area contributed by atoms with Crippen LogP contribution < -0.4 is 4.74 Å². The number of carbonyl (C=O) groups excluding carboxylic acids is 3. The third-order valence-electron chi connectivity index (χ3n) is 5.70. The number of ether oxygens (including phenoxy) is 3. The molecule has 0 N–H and O–H groups in total. The van der Waals surface area contributed by atoms with E-state index in [1.807, 2.05) is 42.5 Å². The summed E-state index contributed by atoms with van der Waals surface area (Å²) in [5, 5.41) is 2.02. The molecule has 2 heterocycles. The molecule has 158 valence electrons. The number of hydrogen-bond acceptors (Lipinski definition) is 6. The molecule has 1 atom stereocenters. The topological polar surface area (TPSA) is 85.4 Å². The molecule has 0 aliphatic carbocycles. The van der Waals surface area contributed by atoms with E-state index in [-0.39, 0.29) is 25.2 Å². The zero-order chi connectivity index (χ0) is 21.1. The van der Waals surface area contributed by atoms with E-state index in [0.717, 1.165) is 10.8 Å². The number of carbonyl (C=O) groups is 3. The van der Waals surface area contributed by atoms with Gasteiger partial charge in [-0.05, 0) is 24.3 Å². The zero-order valence-electron chi connectivity index (χ0n) is 16.8. The molecule has 8 heteroatoms. The standard InChI is InChI=1S/C22H24N2O6/c1-28-21(26)18-13-30-22(27)24(18)16-9-11-23(12-10-16)20(25)14-29-19-8-4-6-15-5-2-3-7-17(15)19/h2-8,16,18H,9-14H2,1H3/t18-/m1/s1. The van der Waals surface area contributed by atoms with Gasteiger partial charge in [0.2, 0.25) is 0 Å². The van der Waals surface area contributed by atoms with Crippen molar-refractivity contribution in [2.45, 2.75) is 24.9 Å². The average molecular weight is 412 g/mol. The first-order chi connectivity index (χ1) is 14.6. The van der Waals surface area contributed by atoms with Crippen molar-refractivity contribution in [1.82, 2.24) is 9.80 Å². The maximum atomic E-state index is 12.6. The number of fused-ring (bicyclic) bond motifs is 1. The lowest BCUT2D eigenvalue weighted by atomic mass is 10.0. The lowest BCUT2D eigenvalue weighted by Crippen LogP contribution is -2.52. The molecule has 30 heavy (non-hydrogen) atoms. The lowest BCUT2D eigenvalue weighted by Gasteiger charge is -2.37. The van der Waals surface area contributed by atoms with E-state index < -0.39 is 18.1 Å². The minimum atomic E-state index is -0.718. The summed E-state index contributed by atoms with van der Waals surface area (Å²) in [5.41, 5.74) is 0. The number of piperidine rings is 1. The zero-order valence-corrected chi connectivity index (χ0v) is 16.8. The molecule has 0 unspecified atom stereocenters. The second kappa shape index (κ2) is 8.61. The molecule has 0 aromatic heterocycles. The predicted octanol–water partition coefficient (Wildman–Crippen LogP) is 2.20. The van der Waals surface area contributed by atoms with Gasteiger partial charge >= 0.3 is 12.1 Å². The highest BCUT2D eigenvalue weighted by atomic mass is 16.6. The van der Waals surface area contributed by atoms with Crippen LogP contribution in [-0.2, 0) is 19.1 Å². The molecule has 0 saturated carbocycles. The summed E-state index contributed by atoms with van der Waals surface area (Å²) in [4.78, 5) is 39.8. The van der Waals surface area contributed by atoms with Crippen LogP contribution in [-0.4, -0.2) is 73.3 Å². The minimum Gasteiger partial charge on any atom is -0.483 e. The average Bonchev–Trinajstić information content (AvgIpc) is 3.18. The highest BCUT2D eigenvalue weighted by Crippen LogP contribution is 2.26. The Hall–Kier alpha value is -3.29. The summed E-state index contributed by atoms with van der Waals surface area (Å²) in [7, 11) is 1.29. The molecule has 2 amide bonds. The first-order valence-corrected chi connectivity index (χ1v) is 9.99. The Bertz CT molecular complexity index is 948. The van der Waals surface area contributed by atoms with Gasteiger partial charge in [0, 0.05) is 24.5 Å². The van der Waals surface area contributed by atoms with Crippen molar-refractivity contribution < 1.29 is 28.6 Å². The summed E-state index contributed by atoms with van der Waals surface area (Å²) < 4.78 is 15.6. The van der Waals surface area contributed by atoms with Gasteiger partial charge in [0.05, 0.1) is 7.11 Å². The van der Waals surface area contributed by atoms with E-state index in [1.54, 1.807) is 4.90 Å². The van der Waals surface area contributed by atoms with Crippen molar-refractivity contribution in [2.75, 3.05) is 33.4 Å². The first kappa shape index (κ1) is 20.0. The number of cyclic esters (lactones) is 1. The molecular weight excluding hydrogens is 388 g/mol. The Morgan fingerprint density at radius 1 is 1.10 bits per heavy atom. The molecule has 0 bridgehead atoms. The number of methoxy groups -OCH3 is 1. The maximum Gasteiger partial charge on any atom is 0.410 e. The van der Waals surface area contributed by atoms with Crippen LogP contribution in [0.15, 0.2) is 42.5 Å². The van der Waals surface area contributed by atoms with Gasteiger partial charge in [-0.2, -0.15) is 0 Å². The van der Waals surface area contributed by atoms with Crippen LogP contribution in [0.25, 0.3) is 10.8 Å². The number of likely N-dealkylation sites (tertiary alicyclic amines) is 1. The highest BCUT2D eigenvalue weighted by molar-refractivity contribution is 5.88. The van der Waals surface area contributed by atoms with Gasteiger partial charge in [-0.1, -0.05) is 36.4 Å². The maximum absolute atomic E-state index is 12.6. The monoisotopic (exact) mass is 412 g/mol. The SMILES string of the molecule is COC(=O)[C@H]1COC(=O)N1C1CCN(C(=O)COc2cccc3ccccc23)CC1. The molecule has 0 spiro atoms. The summed E-state index contributed by atoms with van der Waals surface area (Å²) in [6, 6.07) is 12.7. The van der Waals surface area contributed by atoms with Gasteiger partial charge in [-0.25, -0.2) is 9.59 Å². The fraction of sp³-hybridized carbons (Fsp3) is 0.409. The fourth-order valence-electron chi connectivity index (χ4n) is 4.10. The molecule has 2 saturated heterocycles. The molecule has 8 nitrogen and oxygen atoms in total. The molecular formula is C22H24N2O6. The number of esters is 1. The van der Waals surface area contributed by atoms with Crippen LogP contribution in [0.2, 0.25) is 0 Å². The van der Waals surface area contributed by atoms with Crippen molar-refractivity contribution in [3.63, 3.8) is 0 Å². The smallest absolute Gasteiger partial charge is 0.410 e. The third-order valence-corrected chi connectivity index (χ3v) is 5.70. The Balaban J connectivity index is 1.33. The van der Waals surface area contributed by atoms with Gasteiger partial charge in [-0.3, -0.25) is 9.69 Å². The third kappa shape index (κ3) is 3.90. The normalized spacial score (nSPS) is 19.6. The van der Waals surface area contributed by atoms with Crippen LogP contribution >= 0.6 is 0 Å². The summed E-state index contributed by atoms with van der Waals surface area (Å²) in [6.07, 6.45) is 0.639. The number of nitrogens with zero attached hydrogens (tertiary/aromatic N) is 2. The summed E-state index contributed by atoms with van der Waals surface area (Å²) >= 11 is 0. The van der Waals surface area contributed by atoms with Crippen LogP contribution in [0.1, 0.15) is 12.8 Å². The summed E-state index contributed by atoms with van der Waals surface area (Å²) in [6.45, 7) is 0.929. The summed E-state index contributed by atoms with van der Waals surface area (Å²) in [5.74, 6) is 0.0924. The van der Waals surface area contributed by atoms with Gasteiger partial charge in [0.1, 0.15) is 12.4 Å². The van der Waals surface area contributed by atoms with E-state index in [9.17, 15) is 14.4 Å². The van der Waals surface area contributed by atoms with Crippen molar-refractivity contribution in [3.8, 4) is 5.75 Å². The van der Waals surface area contributed by atoms with Crippen molar-refractivity contribution in [1.29, 1.82) is 0 Å². The van der Waals surface area contributed by atoms with Gasteiger partial charge in [-0.15, -0.1) is 0 Å². The molecule has 0 radical (unpaired) electrons. The molecule has 2 fully saturated rings. The van der Waals surface area contributed by atoms with E-state index in [1.165, 1.54) is 12.0 Å². The van der Waals surface area contributed by atoms with Gasteiger partial charge < -0.3 is 19.1 Å². The Labute approximate surface area is 174 Å². The van der Waals surface area contributed by atoms with Crippen LogP contribution in [0.3, 0.4) is 0 Å². The van der Waals surface area contributed by atoms with E-state index >= 15 is 0 Å². The van der Waals surface area contributed by atoms with E-state index in [2.05, 4.69) is 0 Å².